The van der Waals surface area contributed by atoms with Crippen LogP contribution in [0.5, 0.6) is 0 Å². The second kappa shape index (κ2) is 3.13. The van der Waals surface area contributed by atoms with E-state index in [2.05, 4.69) is 0 Å². The lowest BCUT2D eigenvalue weighted by Crippen LogP contribution is -2.59. The Kier molecular flexibility index (Phi) is 2.59. The summed E-state index contributed by atoms with van der Waals surface area (Å²) in [4.78, 5) is 10.6. The molecule has 0 saturated carbocycles. The van der Waals surface area contributed by atoms with Crippen molar-refractivity contribution in [1.82, 2.24) is 0 Å². The molecule has 0 aromatic rings. The molecule has 0 aromatic carbocycles. The minimum atomic E-state index is -2.52. The summed E-state index contributed by atoms with van der Waals surface area (Å²) in [7, 11) is -2.52. The molecule has 0 spiro atoms. The molecule has 1 aliphatic heterocycles. The third-order valence-corrected chi connectivity index (χ3v) is 4.74. The first-order valence-corrected chi connectivity index (χ1v) is 5.93. The number of nitrogens with two attached hydrogens (primary N) is 1. The van der Waals surface area contributed by atoms with E-state index in [1.807, 2.05) is 6.92 Å². The van der Waals surface area contributed by atoms with Crippen LogP contribution in [0.3, 0.4) is 0 Å². The van der Waals surface area contributed by atoms with E-state index in [0.29, 0.717) is 6.42 Å². The van der Waals surface area contributed by atoms with Crippen molar-refractivity contribution < 1.29 is 19.0 Å². The van der Waals surface area contributed by atoms with Crippen LogP contribution in [0.15, 0.2) is 0 Å². The molecule has 1 unspecified atom stereocenters. The number of hydrogen-bond acceptors (Lipinski definition) is 4. The van der Waals surface area contributed by atoms with E-state index in [0.717, 1.165) is 0 Å². The molecule has 1 atom stereocenters. The van der Waals surface area contributed by atoms with Gasteiger partial charge in [0.2, 0.25) is 0 Å². The van der Waals surface area contributed by atoms with Gasteiger partial charge in [-0.15, -0.1) is 0 Å². The summed E-state index contributed by atoms with van der Waals surface area (Å²) in [5, 5.41) is 8.70. The van der Waals surface area contributed by atoms with Crippen LogP contribution < -0.4 is 5.73 Å². The van der Waals surface area contributed by atoms with Crippen molar-refractivity contribution >= 4 is 16.6 Å². The topological polar surface area (TPSA) is 104 Å². The first-order chi connectivity index (χ1) is 5.83. The number of carboxylic acid groups (broad SMARTS) is 1. The van der Waals surface area contributed by atoms with Gasteiger partial charge in [0.25, 0.3) is 0 Å². The van der Waals surface area contributed by atoms with Crippen LogP contribution in [0.2, 0.25) is 0 Å². The van der Waals surface area contributed by atoms with E-state index in [9.17, 15) is 13.9 Å². The largest absolute Gasteiger partial charge is 0.480 e. The minimum absolute atomic E-state index is 0.129. The van der Waals surface area contributed by atoms with Crippen LogP contribution in [0.1, 0.15) is 13.3 Å². The van der Waals surface area contributed by atoms with Gasteiger partial charge >= 0.3 is 5.97 Å². The van der Waals surface area contributed by atoms with Gasteiger partial charge in [-0.1, -0.05) is 6.92 Å². The average Bonchev–Trinajstić information content (AvgIpc) is 1.97. The monoisotopic (exact) mass is 209 g/mol. The summed E-state index contributed by atoms with van der Waals surface area (Å²) in [5.41, 5.74) is 4.87. The molecule has 5 N–H and O–H groups in total. The molecular formula is C7H15NO4S. The number of carboxylic acids is 1. The van der Waals surface area contributed by atoms with E-state index in [1.165, 1.54) is 0 Å². The van der Waals surface area contributed by atoms with Crippen molar-refractivity contribution in [1.29, 1.82) is 0 Å². The van der Waals surface area contributed by atoms with E-state index in [-0.39, 0.29) is 11.5 Å². The molecule has 1 saturated heterocycles. The van der Waals surface area contributed by atoms with Crippen LogP contribution in [0.4, 0.5) is 0 Å². The second-order valence-corrected chi connectivity index (χ2v) is 5.80. The Bertz CT molecular complexity index is 223. The predicted octanol–water partition coefficient (Wildman–Crippen LogP) is 0.559. The molecule has 1 heterocycles. The molecule has 0 radical (unpaired) electrons. The number of carbonyl (C=O) groups is 1. The van der Waals surface area contributed by atoms with E-state index in [1.54, 1.807) is 0 Å². The maximum atomic E-state index is 10.6. The van der Waals surface area contributed by atoms with Crippen LogP contribution in [-0.2, 0) is 4.79 Å². The quantitative estimate of drug-likeness (QED) is 0.543. The first-order valence-electron chi connectivity index (χ1n) is 4.05. The number of rotatable bonds is 3. The Balaban J connectivity index is 2.70. The highest BCUT2D eigenvalue weighted by molar-refractivity contribution is 8.25. The lowest BCUT2D eigenvalue weighted by atomic mass is 9.81. The Morgan fingerprint density at radius 1 is 1.62 bits per heavy atom. The van der Waals surface area contributed by atoms with Gasteiger partial charge in [0.15, 0.2) is 0 Å². The van der Waals surface area contributed by atoms with Gasteiger partial charge in [-0.3, -0.25) is 13.9 Å². The van der Waals surface area contributed by atoms with Crippen LogP contribution >= 0.6 is 10.6 Å². The maximum Gasteiger partial charge on any atom is 0.321 e. The summed E-state index contributed by atoms with van der Waals surface area (Å²) >= 11 is 0. The summed E-state index contributed by atoms with van der Waals surface area (Å²) in [6, 6.07) is -0.988. The van der Waals surface area contributed by atoms with Crippen LogP contribution in [0.25, 0.3) is 0 Å². The molecule has 0 aromatic heterocycles. The number of aliphatic carboxylic acids is 1. The Hall–Kier alpha value is -0.300. The second-order valence-electron chi connectivity index (χ2n) is 3.62. The third kappa shape index (κ3) is 1.80. The van der Waals surface area contributed by atoms with Gasteiger partial charge in [-0.05, 0) is 6.42 Å². The normalized spacial score (nSPS) is 28.6. The summed E-state index contributed by atoms with van der Waals surface area (Å²) in [5.74, 6) is -0.815. The van der Waals surface area contributed by atoms with Crippen molar-refractivity contribution in [2.75, 3.05) is 11.5 Å². The van der Waals surface area contributed by atoms with E-state index >= 15 is 0 Å². The summed E-state index contributed by atoms with van der Waals surface area (Å²) in [6.07, 6.45) is 0.566. The number of hydrogen-bond donors (Lipinski definition) is 4. The van der Waals surface area contributed by atoms with Gasteiger partial charge < -0.3 is 10.8 Å². The molecule has 78 valence electrons. The van der Waals surface area contributed by atoms with Crippen LogP contribution in [-0.4, -0.2) is 37.7 Å². The zero-order chi connectivity index (χ0) is 10.3. The molecule has 6 heteroatoms. The highest BCUT2D eigenvalue weighted by Gasteiger charge is 2.53. The fourth-order valence-corrected chi connectivity index (χ4v) is 4.27. The molecule has 0 amide bonds. The third-order valence-electron chi connectivity index (χ3n) is 2.67. The minimum Gasteiger partial charge on any atom is -0.480 e. The van der Waals surface area contributed by atoms with E-state index in [4.69, 9.17) is 10.8 Å². The van der Waals surface area contributed by atoms with Gasteiger partial charge in [-0.25, -0.2) is 0 Å². The fraction of sp³-hybridized carbons (Fsp3) is 0.857. The van der Waals surface area contributed by atoms with Crippen molar-refractivity contribution in [2.45, 2.75) is 19.4 Å². The van der Waals surface area contributed by atoms with Gasteiger partial charge in [0.1, 0.15) is 6.04 Å². The van der Waals surface area contributed by atoms with Crippen molar-refractivity contribution in [3.8, 4) is 0 Å². The van der Waals surface area contributed by atoms with Crippen molar-refractivity contribution in [2.24, 2.45) is 11.1 Å². The summed E-state index contributed by atoms with van der Waals surface area (Å²) in [6.45, 7) is 1.82. The zero-order valence-electron chi connectivity index (χ0n) is 7.43. The molecule has 1 rings (SSSR count). The molecule has 1 aliphatic rings. The van der Waals surface area contributed by atoms with Gasteiger partial charge in [0.05, 0.1) is 0 Å². The average molecular weight is 209 g/mol. The van der Waals surface area contributed by atoms with Gasteiger partial charge in [0, 0.05) is 16.9 Å². The SMILES string of the molecule is CCC1(C(N)C(=O)O)CS(O)(O)C1. The lowest BCUT2D eigenvalue weighted by molar-refractivity contribution is -0.141. The molecule has 1 fully saturated rings. The first kappa shape index (κ1) is 10.8. The molecule has 0 aliphatic carbocycles. The lowest BCUT2D eigenvalue weighted by Gasteiger charge is -2.57. The smallest absolute Gasteiger partial charge is 0.321 e. The molecule has 5 nitrogen and oxygen atoms in total. The van der Waals surface area contributed by atoms with Crippen molar-refractivity contribution in [3.63, 3.8) is 0 Å². The van der Waals surface area contributed by atoms with E-state index < -0.39 is 28.0 Å². The Morgan fingerprint density at radius 2 is 2.08 bits per heavy atom. The maximum absolute atomic E-state index is 10.6. The van der Waals surface area contributed by atoms with Crippen LogP contribution in [0, 0.1) is 5.41 Å². The highest BCUT2D eigenvalue weighted by atomic mass is 32.3. The van der Waals surface area contributed by atoms with Gasteiger partial charge in [-0.2, -0.15) is 10.6 Å². The molecule has 13 heavy (non-hydrogen) atoms. The predicted molar refractivity (Wildman–Crippen MR) is 50.9 cm³/mol. The standard InChI is InChI=1S/C7H15NO4S/c1-2-7(5(8)6(9)10)3-13(11,12)4-7/h5,11-12H,2-4,8H2,1H3,(H,9,10). The highest BCUT2D eigenvalue weighted by Crippen LogP contribution is 2.61. The fourth-order valence-electron chi connectivity index (χ4n) is 1.74. The zero-order valence-corrected chi connectivity index (χ0v) is 8.25. The Labute approximate surface area is 78.3 Å². The summed E-state index contributed by atoms with van der Waals surface area (Å²) < 4.78 is 18.4. The van der Waals surface area contributed by atoms with Crippen molar-refractivity contribution in [3.05, 3.63) is 0 Å². The molecular weight excluding hydrogens is 194 g/mol. The Morgan fingerprint density at radius 3 is 2.31 bits per heavy atom. The molecule has 0 bridgehead atoms.